The van der Waals surface area contributed by atoms with E-state index < -0.39 is 0 Å². The maximum absolute atomic E-state index is 2.57. The molecule has 0 aliphatic carbocycles. The quantitative estimate of drug-likeness (QED) is 0.546. The molecule has 12 heavy (non-hydrogen) atoms. The lowest BCUT2D eigenvalue weighted by molar-refractivity contribution is 0.380. The van der Waals surface area contributed by atoms with Gasteiger partial charge in [0.2, 0.25) is 0 Å². The highest BCUT2D eigenvalue weighted by Crippen LogP contribution is 2.33. The average Bonchev–Trinajstić information content (AvgIpc) is 2.26. The van der Waals surface area contributed by atoms with Crippen LogP contribution in [-0.2, 0) is 0 Å². The summed E-state index contributed by atoms with van der Waals surface area (Å²) in [4.78, 5) is 0. The van der Waals surface area contributed by atoms with E-state index in [0.717, 1.165) is 17.7 Å². The fourth-order valence-corrected chi connectivity index (χ4v) is 2.38. The van der Waals surface area contributed by atoms with Gasteiger partial charge in [0.15, 0.2) is 0 Å². The topological polar surface area (TPSA) is 0 Å². The molecule has 1 rings (SSSR count). The van der Waals surface area contributed by atoms with Crippen LogP contribution in [0.3, 0.4) is 0 Å². The Morgan fingerprint density at radius 3 is 2.50 bits per heavy atom. The Morgan fingerprint density at radius 1 is 1.17 bits per heavy atom. The molecule has 0 saturated carbocycles. The first-order valence-electron chi connectivity index (χ1n) is 5.59. The molecule has 1 heterocycles. The van der Waals surface area contributed by atoms with Crippen molar-refractivity contribution < 1.29 is 0 Å². The van der Waals surface area contributed by atoms with Crippen LogP contribution in [0.1, 0.15) is 46.5 Å². The molecule has 1 fully saturated rings. The molecule has 1 radical (unpaired) electrons. The number of hydrogen-bond donors (Lipinski definition) is 0. The summed E-state index contributed by atoms with van der Waals surface area (Å²) in [6.07, 6.45) is 7.01. The first-order valence-corrected chi connectivity index (χ1v) is 5.59. The van der Waals surface area contributed by atoms with Crippen LogP contribution in [0.2, 0.25) is 12.1 Å². The van der Waals surface area contributed by atoms with Crippen molar-refractivity contribution in [2.45, 2.75) is 58.6 Å². The van der Waals surface area contributed by atoms with Gasteiger partial charge in [-0.15, -0.1) is 0 Å². The third-order valence-corrected chi connectivity index (χ3v) is 3.35. The van der Waals surface area contributed by atoms with Gasteiger partial charge in [-0.25, -0.2) is 0 Å². The predicted octanol–water partition coefficient (Wildman–Crippen LogP) is 3.76. The van der Waals surface area contributed by atoms with Crippen LogP contribution < -0.4 is 0 Å². The Hall–Kier alpha value is 0.0649. The summed E-state index contributed by atoms with van der Waals surface area (Å²) in [6, 6.07) is 0. The average molecular weight is 165 g/mol. The van der Waals surface area contributed by atoms with Crippen molar-refractivity contribution in [3.63, 3.8) is 0 Å². The highest BCUT2D eigenvalue weighted by atomic mass is 14.2. The van der Waals surface area contributed by atoms with E-state index in [-0.39, 0.29) is 0 Å². The Balaban J connectivity index is 2.43. The lowest BCUT2D eigenvalue weighted by atomic mass is 9.58. The zero-order valence-electron chi connectivity index (χ0n) is 8.84. The van der Waals surface area contributed by atoms with Gasteiger partial charge in [0, 0.05) is 0 Å². The first-order chi connectivity index (χ1) is 5.76. The molecule has 3 atom stereocenters. The largest absolute Gasteiger partial charge is 0.113 e. The van der Waals surface area contributed by atoms with Crippen LogP contribution in [0.15, 0.2) is 0 Å². The third-order valence-electron chi connectivity index (χ3n) is 3.35. The van der Waals surface area contributed by atoms with Gasteiger partial charge in [-0.05, 0) is 12.3 Å². The maximum atomic E-state index is 2.57. The van der Waals surface area contributed by atoms with Crippen molar-refractivity contribution >= 4 is 7.28 Å². The summed E-state index contributed by atoms with van der Waals surface area (Å²) in [6.45, 7) is 7.07. The lowest BCUT2D eigenvalue weighted by Gasteiger charge is -2.17. The second-order valence-electron chi connectivity index (χ2n) is 4.49. The summed E-state index contributed by atoms with van der Waals surface area (Å²) in [7, 11) is 2.57. The van der Waals surface area contributed by atoms with E-state index >= 15 is 0 Å². The van der Waals surface area contributed by atoms with Gasteiger partial charge in [0.25, 0.3) is 0 Å². The SMILES string of the molecule is CCC1[B]CC(C)CC(CC)C1. The minimum Gasteiger partial charge on any atom is -0.0774 e. The smallest absolute Gasteiger partial charge is 0.0774 e. The zero-order chi connectivity index (χ0) is 8.97. The highest BCUT2D eigenvalue weighted by Gasteiger charge is 2.21. The van der Waals surface area contributed by atoms with Gasteiger partial charge < -0.3 is 0 Å². The van der Waals surface area contributed by atoms with Crippen molar-refractivity contribution in [1.29, 1.82) is 0 Å². The van der Waals surface area contributed by atoms with Crippen LogP contribution in [0.5, 0.6) is 0 Å². The molecule has 1 saturated heterocycles. The molecule has 3 unspecified atom stereocenters. The van der Waals surface area contributed by atoms with Crippen LogP contribution in [0.25, 0.3) is 0 Å². The summed E-state index contributed by atoms with van der Waals surface area (Å²) in [5.41, 5.74) is 0. The van der Waals surface area contributed by atoms with E-state index in [9.17, 15) is 0 Å². The van der Waals surface area contributed by atoms with E-state index in [1.165, 1.54) is 32.0 Å². The number of rotatable bonds is 2. The Kier molecular flexibility index (Phi) is 4.18. The minimum atomic E-state index is 0.917. The molecule has 1 aliphatic rings. The molecule has 0 aromatic heterocycles. The van der Waals surface area contributed by atoms with Gasteiger partial charge in [-0.1, -0.05) is 58.1 Å². The van der Waals surface area contributed by atoms with Gasteiger partial charge in [0.1, 0.15) is 7.28 Å². The minimum absolute atomic E-state index is 0.917. The van der Waals surface area contributed by atoms with Gasteiger partial charge >= 0.3 is 0 Å². The molecule has 0 bridgehead atoms. The summed E-state index contributed by atoms with van der Waals surface area (Å²) < 4.78 is 0. The van der Waals surface area contributed by atoms with E-state index in [1.807, 2.05) is 0 Å². The summed E-state index contributed by atoms with van der Waals surface area (Å²) in [5, 5.41) is 0. The van der Waals surface area contributed by atoms with Crippen LogP contribution >= 0.6 is 0 Å². The molecule has 0 nitrogen and oxygen atoms in total. The second kappa shape index (κ2) is 4.94. The third kappa shape index (κ3) is 2.84. The normalized spacial score (nSPS) is 37.1. The molecular formula is C11H22B. The molecule has 1 heteroatoms. The van der Waals surface area contributed by atoms with Crippen molar-refractivity contribution in [2.24, 2.45) is 11.8 Å². The van der Waals surface area contributed by atoms with Crippen LogP contribution in [0.4, 0.5) is 0 Å². The Bertz CT molecular complexity index is 122. The van der Waals surface area contributed by atoms with Gasteiger partial charge in [-0.3, -0.25) is 0 Å². The van der Waals surface area contributed by atoms with Crippen LogP contribution in [0, 0.1) is 11.8 Å². The van der Waals surface area contributed by atoms with Crippen molar-refractivity contribution in [1.82, 2.24) is 0 Å². The predicted molar refractivity (Wildman–Crippen MR) is 56.8 cm³/mol. The second-order valence-corrected chi connectivity index (χ2v) is 4.49. The molecule has 0 aromatic rings. The van der Waals surface area contributed by atoms with Gasteiger partial charge in [-0.2, -0.15) is 0 Å². The van der Waals surface area contributed by atoms with Crippen molar-refractivity contribution in [2.75, 3.05) is 0 Å². The zero-order valence-corrected chi connectivity index (χ0v) is 8.84. The summed E-state index contributed by atoms with van der Waals surface area (Å²) in [5.74, 6) is 2.86. The molecule has 1 aliphatic heterocycles. The number of hydrogen-bond acceptors (Lipinski definition) is 0. The standard InChI is InChI=1S/C11H22B/c1-4-10-6-9(3)8-12-11(5-2)7-10/h9-11H,4-8H2,1-3H3. The maximum Gasteiger partial charge on any atom is 0.113 e. The summed E-state index contributed by atoms with van der Waals surface area (Å²) >= 11 is 0. The molecule has 0 spiro atoms. The van der Waals surface area contributed by atoms with Crippen molar-refractivity contribution in [3.05, 3.63) is 0 Å². The Morgan fingerprint density at radius 2 is 1.92 bits per heavy atom. The molecule has 0 aromatic carbocycles. The van der Waals surface area contributed by atoms with Crippen molar-refractivity contribution in [3.8, 4) is 0 Å². The fourth-order valence-electron chi connectivity index (χ4n) is 2.38. The molecule has 0 amide bonds. The van der Waals surface area contributed by atoms with E-state index in [1.54, 1.807) is 0 Å². The van der Waals surface area contributed by atoms with Crippen LogP contribution in [-0.4, -0.2) is 7.28 Å². The highest BCUT2D eigenvalue weighted by molar-refractivity contribution is 6.37. The van der Waals surface area contributed by atoms with E-state index in [0.29, 0.717) is 0 Å². The Labute approximate surface area is 78.4 Å². The van der Waals surface area contributed by atoms with E-state index in [4.69, 9.17) is 0 Å². The van der Waals surface area contributed by atoms with Gasteiger partial charge in [0.05, 0.1) is 0 Å². The first kappa shape index (κ1) is 10.1. The lowest BCUT2D eigenvalue weighted by Crippen LogP contribution is -2.04. The van der Waals surface area contributed by atoms with E-state index in [2.05, 4.69) is 28.1 Å². The fraction of sp³-hybridized carbons (Fsp3) is 1.00. The molecule has 69 valence electrons. The molecule has 0 N–H and O–H groups in total. The molecular weight excluding hydrogens is 143 g/mol. The monoisotopic (exact) mass is 165 g/mol.